The first-order valence-corrected chi connectivity index (χ1v) is 6.08. The van der Waals surface area contributed by atoms with Crippen LogP contribution in [0.15, 0.2) is 18.2 Å². The van der Waals surface area contributed by atoms with E-state index in [-0.39, 0.29) is 0 Å². The third kappa shape index (κ3) is 2.10. The summed E-state index contributed by atoms with van der Waals surface area (Å²) in [5.41, 5.74) is 6.63. The molecule has 2 atom stereocenters. The molecule has 4 N–H and O–H groups in total. The van der Waals surface area contributed by atoms with Crippen LogP contribution in [0.2, 0.25) is 0 Å². The van der Waals surface area contributed by atoms with Crippen LogP contribution in [-0.4, -0.2) is 43.8 Å². The van der Waals surface area contributed by atoms with Gasteiger partial charge in [0.25, 0.3) is 0 Å². The Kier molecular flexibility index (Phi) is 2.99. The fourth-order valence-corrected chi connectivity index (χ4v) is 2.30. The van der Waals surface area contributed by atoms with Gasteiger partial charge in [0, 0.05) is 13.1 Å². The van der Waals surface area contributed by atoms with E-state index in [1.54, 1.807) is 0 Å². The Hall–Kier alpha value is -1.50. The number of nitrogens with one attached hydrogen (secondary N) is 1. The van der Waals surface area contributed by atoms with Crippen LogP contribution < -0.4 is 25.4 Å². The van der Waals surface area contributed by atoms with E-state index in [9.17, 15) is 5.11 Å². The minimum atomic E-state index is -0.513. The fourth-order valence-electron chi connectivity index (χ4n) is 2.30. The standard InChI is InChI=1S/C12H17N3O3/c13-10-7-17-12-8(2-1-3-9(12)18-10)15-5-4-14-11(16)6-15/h1-3,10-11,14,16H,4-7,13H2. The average molecular weight is 251 g/mol. The first kappa shape index (κ1) is 11.6. The highest BCUT2D eigenvalue weighted by Gasteiger charge is 2.25. The molecule has 3 rings (SSSR count). The van der Waals surface area contributed by atoms with Gasteiger partial charge >= 0.3 is 0 Å². The molecular weight excluding hydrogens is 234 g/mol. The van der Waals surface area contributed by atoms with E-state index in [0.29, 0.717) is 24.7 Å². The summed E-state index contributed by atoms with van der Waals surface area (Å²) in [6, 6.07) is 5.72. The number of nitrogens with two attached hydrogens (primary N) is 1. The molecule has 18 heavy (non-hydrogen) atoms. The zero-order valence-electron chi connectivity index (χ0n) is 10.0. The zero-order valence-corrected chi connectivity index (χ0v) is 10.0. The number of piperazine rings is 1. The number of β-amino-alcohol motifs (C(OH)–C–C–N with tert-alkyl or cyclic N) is 1. The summed E-state index contributed by atoms with van der Waals surface area (Å²) in [7, 11) is 0. The number of aliphatic hydroxyl groups excluding tert-OH is 1. The number of nitrogens with zero attached hydrogens (tertiary/aromatic N) is 1. The number of hydrogen-bond acceptors (Lipinski definition) is 6. The van der Waals surface area contributed by atoms with E-state index in [4.69, 9.17) is 15.2 Å². The third-order valence-electron chi connectivity index (χ3n) is 3.12. The van der Waals surface area contributed by atoms with Gasteiger partial charge in [-0.3, -0.25) is 11.1 Å². The number of hydrogen-bond donors (Lipinski definition) is 3. The number of aliphatic hydroxyl groups is 1. The predicted molar refractivity (Wildman–Crippen MR) is 66.8 cm³/mol. The summed E-state index contributed by atoms with van der Waals surface area (Å²) in [6.07, 6.45) is -0.928. The molecule has 1 fully saturated rings. The molecule has 1 aromatic rings. The summed E-state index contributed by atoms with van der Waals surface area (Å²) < 4.78 is 11.2. The normalized spacial score (nSPS) is 27.1. The van der Waals surface area contributed by atoms with E-state index >= 15 is 0 Å². The topological polar surface area (TPSA) is 80.0 Å². The average Bonchev–Trinajstić information content (AvgIpc) is 2.37. The second-order valence-corrected chi connectivity index (χ2v) is 4.49. The van der Waals surface area contributed by atoms with Gasteiger partial charge in [0.2, 0.25) is 0 Å². The van der Waals surface area contributed by atoms with Crippen LogP contribution in [0.4, 0.5) is 5.69 Å². The maximum absolute atomic E-state index is 9.64. The highest BCUT2D eigenvalue weighted by Crippen LogP contribution is 2.40. The molecule has 0 bridgehead atoms. The molecule has 2 aliphatic rings. The summed E-state index contributed by atoms with van der Waals surface area (Å²) >= 11 is 0. The van der Waals surface area contributed by atoms with Gasteiger partial charge in [0.1, 0.15) is 12.8 Å². The first-order valence-electron chi connectivity index (χ1n) is 6.08. The summed E-state index contributed by atoms with van der Waals surface area (Å²) in [6.45, 7) is 2.44. The SMILES string of the molecule is NC1COc2c(cccc2N2CCNC(O)C2)O1. The van der Waals surface area contributed by atoms with Gasteiger partial charge in [-0.2, -0.15) is 0 Å². The summed E-state index contributed by atoms with van der Waals surface area (Å²) in [5, 5.41) is 12.6. The second kappa shape index (κ2) is 4.64. The van der Waals surface area contributed by atoms with Gasteiger partial charge in [-0.15, -0.1) is 0 Å². The van der Waals surface area contributed by atoms with Crippen LogP contribution in [0.5, 0.6) is 11.5 Å². The number of benzene rings is 1. The number of para-hydroxylation sites is 1. The van der Waals surface area contributed by atoms with Crippen molar-refractivity contribution < 1.29 is 14.6 Å². The molecule has 0 spiro atoms. The number of rotatable bonds is 1. The molecule has 1 saturated heterocycles. The quantitative estimate of drug-likeness (QED) is 0.623. The van der Waals surface area contributed by atoms with Crippen molar-refractivity contribution in [2.24, 2.45) is 5.73 Å². The van der Waals surface area contributed by atoms with Gasteiger partial charge in [0.05, 0.1) is 12.2 Å². The third-order valence-corrected chi connectivity index (χ3v) is 3.12. The molecule has 1 aromatic carbocycles. The Labute approximate surface area is 105 Å². The largest absolute Gasteiger partial charge is 0.482 e. The number of anilines is 1. The van der Waals surface area contributed by atoms with Crippen LogP contribution in [0.25, 0.3) is 0 Å². The maximum Gasteiger partial charge on any atom is 0.184 e. The molecule has 0 aromatic heterocycles. The van der Waals surface area contributed by atoms with E-state index in [2.05, 4.69) is 10.2 Å². The maximum atomic E-state index is 9.64. The smallest absolute Gasteiger partial charge is 0.184 e. The van der Waals surface area contributed by atoms with Crippen molar-refractivity contribution in [3.05, 3.63) is 18.2 Å². The minimum Gasteiger partial charge on any atom is -0.482 e. The van der Waals surface area contributed by atoms with Gasteiger partial charge < -0.3 is 19.5 Å². The second-order valence-electron chi connectivity index (χ2n) is 4.49. The molecular formula is C12H17N3O3. The molecule has 2 aliphatic heterocycles. The van der Waals surface area contributed by atoms with Crippen molar-refractivity contribution >= 4 is 5.69 Å². The zero-order chi connectivity index (χ0) is 12.5. The van der Waals surface area contributed by atoms with E-state index in [0.717, 1.165) is 18.8 Å². The Bertz CT molecular complexity index is 441. The Balaban J connectivity index is 1.90. The van der Waals surface area contributed by atoms with Crippen molar-refractivity contribution in [1.82, 2.24) is 5.32 Å². The minimum absolute atomic E-state index is 0.346. The highest BCUT2D eigenvalue weighted by molar-refractivity contribution is 5.65. The molecule has 2 heterocycles. The van der Waals surface area contributed by atoms with Crippen LogP contribution >= 0.6 is 0 Å². The predicted octanol–water partition coefficient (Wildman–Crippen LogP) is -0.529. The Morgan fingerprint density at radius 1 is 1.44 bits per heavy atom. The molecule has 0 radical (unpaired) electrons. The van der Waals surface area contributed by atoms with Crippen molar-refractivity contribution in [3.8, 4) is 11.5 Å². The molecule has 0 saturated carbocycles. The highest BCUT2D eigenvalue weighted by atomic mass is 16.6. The lowest BCUT2D eigenvalue weighted by Gasteiger charge is -2.35. The van der Waals surface area contributed by atoms with Gasteiger partial charge in [-0.05, 0) is 12.1 Å². The summed E-state index contributed by atoms with van der Waals surface area (Å²) in [5.74, 6) is 1.38. The van der Waals surface area contributed by atoms with E-state index < -0.39 is 12.5 Å². The van der Waals surface area contributed by atoms with Crippen molar-refractivity contribution in [2.45, 2.75) is 12.5 Å². The number of fused-ring (bicyclic) bond motifs is 1. The van der Waals surface area contributed by atoms with Crippen molar-refractivity contribution in [2.75, 3.05) is 31.1 Å². The monoisotopic (exact) mass is 251 g/mol. The van der Waals surface area contributed by atoms with Gasteiger partial charge in [0.15, 0.2) is 17.7 Å². The first-order chi connectivity index (χ1) is 8.74. The molecule has 0 amide bonds. The molecule has 6 nitrogen and oxygen atoms in total. The lowest BCUT2D eigenvalue weighted by atomic mass is 10.2. The van der Waals surface area contributed by atoms with Gasteiger partial charge in [-0.1, -0.05) is 6.07 Å². The molecule has 2 unspecified atom stereocenters. The van der Waals surface area contributed by atoms with Crippen LogP contribution in [0, 0.1) is 0 Å². The van der Waals surface area contributed by atoms with Crippen LogP contribution in [0.1, 0.15) is 0 Å². The number of ether oxygens (including phenoxy) is 2. The lowest BCUT2D eigenvalue weighted by Crippen LogP contribution is -2.51. The molecule has 6 heteroatoms. The van der Waals surface area contributed by atoms with Crippen molar-refractivity contribution in [3.63, 3.8) is 0 Å². The lowest BCUT2D eigenvalue weighted by molar-refractivity contribution is 0.0952. The van der Waals surface area contributed by atoms with E-state index in [1.165, 1.54) is 0 Å². The van der Waals surface area contributed by atoms with Crippen LogP contribution in [-0.2, 0) is 0 Å². The van der Waals surface area contributed by atoms with E-state index in [1.807, 2.05) is 18.2 Å². The Morgan fingerprint density at radius 3 is 3.17 bits per heavy atom. The molecule has 98 valence electrons. The summed E-state index contributed by atoms with van der Waals surface area (Å²) in [4.78, 5) is 2.08. The Morgan fingerprint density at radius 2 is 2.33 bits per heavy atom. The van der Waals surface area contributed by atoms with Gasteiger partial charge in [-0.25, -0.2) is 0 Å². The fraction of sp³-hybridized carbons (Fsp3) is 0.500. The molecule has 0 aliphatic carbocycles. The van der Waals surface area contributed by atoms with Crippen molar-refractivity contribution in [1.29, 1.82) is 0 Å². The van der Waals surface area contributed by atoms with Crippen LogP contribution in [0.3, 0.4) is 0 Å².